The fourth-order valence-corrected chi connectivity index (χ4v) is 1.98. The van der Waals surface area contributed by atoms with Gasteiger partial charge >= 0.3 is 5.97 Å². The van der Waals surface area contributed by atoms with Crippen molar-refractivity contribution in [3.8, 4) is 0 Å². The first-order chi connectivity index (χ1) is 6.56. The zero-order chi connectivity index (χ0) is 10.6. The zero-order valence-corrected chi connectivity index (χ0v) is 9.56. The molecule has 1 aliphatic heterocycles. The predicted octanol–water partition coefficient (Wildman–Crippen LogP) is 1.55. The van der Waals surface area contributed by atoms with Crippen molar-refractivity contribution in [1.29, 1.82) is 0 Å². The van der Waals surface area contributed by atoms with Crippen molar-refractivity contribution in [2.45, 2.75) is 32.3 Å². The fraction of sp³-hybridized carbons (Fsp3) is 0.900. The number of hydrogen-bond acceptors (Lipinski definition) is 3. The molecule has 0 bridgehead atoms. The average Bonchev–Trinajstić information content (AvgIpc) is 2.18. The van der Waals surface area contributed by atoms with Crippen LogP contribution in [0.1, 0.15) is 26.7 Å². The van der Waals surface area contributed by atoms with Crippen LogP contribution in [0.4, 0.5) is 0 Å². The van der Waals surface area contributed by atoms with E-state index in [0.29, 0.717) is 5.92 Å². The second-order valence-corrected chi connectivity index (χ2v) is 4.50. The number of halogens is 1. The third-order valence-corrected chi connectivity index (χ3v) is 3.03. The molecule has 0 aromatic carbocycles. The van der Waals surface area contributed by atoms with Gasteiger partial charge in [-0.25, -0.2) is 0 Å². The summed E-state index contributed by atoms with van der Waals surface area (Å²) in [7, 11) is 0. The topological polar surface area (TPSA) is 38.3 Å². The van der Waals surface area contributed by atoms with Crippen molar-refractivity contribution < 1.29 is 9.53 Å². The van der Waals surface area contributed by atoms with Crippen LogP contribution in [0.2, 0.25) is 0 Å². The Hall–Kier alpha value is -0.280. The monoisotopic (exact) mass is 219 g/mol. The lowest BCUT2D eigenvalue weighted by Crippen LogP contribution is -2.43. The van der Waals surface area contributed by atoms with Gasteiger partial charge < -0.3 is 10.1 Å². The van der Waals surface area contributed by atoms with E-state index >= 15 is 0 Å². The normalized spacial score (nSPS) is 19.4. The molecule has 82 valence electrons. The first kappa shape index (κ1) is 11.8. The maximum Gasteiger partial charge on any atom is 0.321 e. The van der Waals surface area contributed by atoms with Crippen LogP contribution in [0, 0.1) is 5.92 Å². The molecule has 0 radical (unpaired) electrons. The number of piperidine rings is 1. The highest BCUT2D eigenvalue weighted by molar-refractivity contribution is 6.26. The highest BCUT2D eigenvalue weighted by atomic mass is 35.5. The summed E-state index contributed by atoms with van der Waals surface area (Å²) in [5.74, 6) is 0.0557. The predicted molar refractivity (Wildman–Crippen MR) is 56.5 cm³/mol. The minimum absolute atomic E-state index is 0.0611. The summed E-state index contributed by atoms with van der Waals surface area (Å²) in [6.45, 7) is 5.94. The minimum atomic E-state index is -0.381. The Labute approximate surface area is 90.1 Å². The van der Waals surface area contributed by atoms with Gasteiger partial charge in [-0.2, -0.15) is 0 Å². The summed E-state index contributed by atoms with van der Waals surface area (Å²) in [6.07, 6.45) is 2.12. The zero-order valence-electron chi connectivity index (χ0n) is 8.81. The van der Waals surface area contributed by atoms with Crippen molar-refractivity contribution in [2.75, 3.05) is 19.0 Å². The van der Waals surface area contributed by atoms with Crippen LogP contribution in [0.25, 0.3) is 0 Å². The first-order valence-corrected chi connectivity index (χ1v) is 5.58. The molecule has 1 saturated heterocycles. The van der Waals surface area contributed by atoms with Crippen LogP contribution in [-0.2, 0) is 9.53 Å². The van der Waals surface area contributed by atoms with E-state index in [9.17, 15) is 4.79 Å². The standard InChI is InChI=1S/C10H18ClNO2/c1-10(2,14-9(13)7-11)8-3-5-12-6-4-8/h8,12H,3-7H2,1-2H3. The number of rotatable bonds is 3. The Kier molecular flexibility index (Phi) is 4.20. The van der Waals surface area contributed by atoms with E-state index in [1.54, 1.807) is 0 Å². The lowest BCUT2D eigenvalue weighted by molar-refractivity contribution is -0.159. The van der Waals surface area contributed by atoms with Crippen LogP contribution in [0.5, 0.6) is 0 Å². The third-order valence-electron chi connectivity index (χ3n) is 2.81. The van der Waals surface area contributed by atoms with Gasteiger partial charge in [-0.05, 0) is 39.8 Å². The van der Waals surface area contributed by atoms with Gasteiger partial charge in [0.25, 0.3) is 0 Å². The van der Waals surface area contributed by atoms with Gasteiger partial charge in [-0.3, -0.25) is 4.79 Å². The van der Waals surface area contributed by atoms with Crippen LogP contribution in [0.15, 0.2) is 0 Å². The highest BCUT2D eigenvalue weighted by Crippen LogP contribution is 2.28. The molecular formula is C10H18ClNO2. The molecule has 1 N–H and O–H groups in total. The Morgan fingerprint density at radius 2 is 2.07 bits per heavy atom. The molecule has 3 nitrogen and oxygen atoms in total. The Bertz CT molecular complexity index is 200. The van der Waals surface area contributed by atoms with Crippen LogP contribution in [0.3, 0.4) is 0 Å². The maximum atomic E-state index is 11.1. The van der Waals surface area contributed by atoms with Gasteiger partial charge in [0, 0.05) is 5.92 Å². The van der Waals surface area contributed by atoms with E-state index < -0.39 is 0 Å². The Balaban J connectivity index is 2.49. The molecule has 0 amide bonds. The van der Waals surface area contributed by atoms with Crippen molar-refractivity contribution >= 4 is 17.6 Å². The lowest BCUT2D eigenvalue weighted by Gasteiger charge is -2.36. The molecule has 1 aliphatic rings. The minimum Gasteiger partial charge on any atom is -0.458 e. The summed E-state index contributed by atoms with van der Waals surface area (Å²) in [5.41, 5.74) is -0.381. The van der Waals surface area contributed by atoms with Crippen LogP contribution >= 0.6 is 11.6 Å². The van der Waals surface area contributed by atoms with E-state index in [-0.39, 0.29) is 17.5 Å². The second kappa shape index (κ2) is 4.99. The number of carbonyl (C=O) groups is 1. The molecule has 0 aliphatic carbocycles. The molecule has 0 spiro atoms. The van der Waals surface area contributed by atoms with Crippen molar-refractivity contribution in [3.63, 3.8) is 0 Å². The van der Waals surface area contributed by atoms with Crippen molar-refractivity contribution in [3.05, 3.63) is 0 Å². The number of alkyl halides is 1. The molecule has 1 rings (SSSR count). The third kappa shape index (κ3) is 3.14. The summed E-state index contributed by atoms with van der Waals surface area (Å²) in [4.78, 5) is 11.1. The van der Waals surface area contributed by atoms with Gasteiger partial charge in [-0.15, -0.1) is 11.6 Å². The molecule has 0 aromatic heterocycles. The van der Waals surface area contributed by atoms with E-state index in [2.05, 4.69) is 5.32 Å². The van der Waals surface area contributed by atoms with Crippen molar-refractivity contribution in [1.82, 2.24) is 5.32 Å². The maximum absolute atomic E-state index is 11.1. The molecule has 14 heavy (non-hydrogen) atoms. The molecule has 0 aromatic rings. The van der Waals surface area contributed by atoms with Crippen LogP contribution < -0.4 is 5.32 Å². The second-order valence-electron chi connectivity index (χ2n) is 4.24. The quantitative estimate of drug-likeness (QED) is 0.578. The van der Waals surface area contributed by atoms with Gasteiger partial charge in [0.1, 0.15) is 11.5 Å². The smallest absolute Gasteiger partial charge is 0.321 e. The SMILES string of the molecule is CC(C)(OC(=O)CCl)C1CCNCC1. The molecule has 0 unspecified atom stereocenters. The number of ether oxygens (including phenoxy) is 1. The fourth-order valence-electron chi connectivity index (χ4n) is 1.92. The number of hydrogen-bond donors (Lipinski definition) is 1. The summed E-state index contributed by atoms with van der Waals surface area (Å²) in [5, 5.41) is 3.29. The van der Waals surface area contributed by atoms with Crippen molar-refractivity contribution in [2.24, 2.45) is 5.92 Å². The van der Waals surface area contributed by atoms with Gasteiger partial charge in [0.2, 0.25) is 0 Å². The average molecular weight is 220 g/mol. The van der Waals surface area contributed by atoms with Gasteiger partial charge in [0.15, 0.2) is 0 Å². The van der Waals surface area contributed by atoms with Crippen LogP contribution in [-0.4, -0.2) is 30.5 Å². The molecule has 0 atom stereocenters. The Morgan fingerprint density at radius 1 is 1.50 bits per heavy atom. The summed E-state index contributed by atoms with van der Waals surface area (Å²) < 4.78 is 5.33. The number of esters is 1. The molecule has 1 heterocycles. The molecular weight excluding hydrogens is 202 g/mol. The largest absolute Gasteiger partial charge is 0.458 e. The molecule has 4 heteroatoms. The number of nitrogens with one attached hydrogen (secondary N) is 1. The first-order valence-electron chi connectivity index (χ1n) is 5.05. The molecule has 0 saturated carbocycles. The van der Waals surface area contributed by atoms with E-state index in [1.807, 2.05) is 13.8 Å². The van der Waals surface area contributed by atoms with Gasteiger partial charge in [-0.1, -0.05) is 0 Å². The van der Waals surface area contributed by atoms with E-state index in [0.717, 1.165) is 25.9 Å². The molecule has 1 fully saturated rings. The Morgan fingerprint density at radius 3 is 2.57 bits per heavy atom. The summed E-state index contributed by atoms with van der Waals surface area (Å²) >= 11 is 5.41. The highest BCUT2D eigenvalue weighted by Gasteiger charge is 2.33. The van der Waals surface area contributed by atoms with E-state index in [1.165, 1.54) is 0 Å². The summed E-state index contributed by atoms with van der Waals surface area (Å²) in [6, 6.07) is 0. The number of carbonyl (C=O) groups excluding carboxylic acids is 1. The lowest BCUT2D eigenvalue weighted by atomic mass is 9.83. The van der Waals surface area contributed by atoms with Gasteiger partial charge in [0.05, 0.1) is 0 Å². The van der Waals surface area contributed by atoms with E-state index in [4.69, 9.17) is 16.3 Å².